The van der Waals surface area contributed by atoms with Gasteiger partial charge in [0, 0.05) is 24.4 Å². The summed E-state index contributed by atoms with van der Waals surface area (Å²) in [5.41, 5.74) is 3.16. The Hall–Kier alpha value is -4.29. The fourth-order valence-electron chi connectivity index (χ4n) is 7.08. The number of carboxylic acids is 1. The number of hydrogen-bond donors (Lipinski definition) is 2. The number of nitrogens with two attached hydrogens (primary N) is 1. The van der Waals surface area contributed by atoms with Crippen molar-refractivity contribution in [2.75, 3.05) is 0 Å². The zero-order valence-electron chi connectivity index (χ0n) is 21.2. The highest BCUT2D eigenvalue weighted by Crippen LogP contribution is 2.79. The van der Waals surface area contributed by atoms with Gasteiger partial charge in [0.1, 0.15) is 18.3 Å². The highest BCUT2D eigenvalue weighted by molar-refractivity contribution is 6.05. The molecule has 2 amide bonds. The molecule has 3 N–H and O–H groups in total. The van der Waals surface area contributed by atoms with Gasteiger partial charge in [0.2, 0.25) is 11.8 Å². The predicted octanol–water partition coefficient (Wildman–Crippen LogP) is 2.76. The third-order valence-corrected chi connectivity index (χ3v) is 8.84. The topological polar surface area (TPSA) is 148 Å². The van der Waals surface area contributed by atoms with Gasteiger partial charge in [-0.05, 0) is 42.9 Å². The fraction of sp³-hybridized carbons (Fsp3) is 0.407. The molecule has 2 aromatic heterocycles. The summed E-state index contributed by atoms with van der Waals surface area (Å²) in [4.78, 5) is 56.7. The maximum Gasteiger partial charge on any atom is 0.416 e. The summed E-state index contributed by atoms with van der Waals surface area (Å²) in [5, 5.41) is 14.8. The van der Waals surface area contributed by atoms with E-state index in [1.165, 1.54) is 41.0 Å². The number of fused-ring (bicyclic) bond motifs is 2. The van der Waals surface area contributed by atoms with Crippen LogP contribution in [0.5, 0.6) is 0 Å². The molecule has 0 radical (unpaired) electrons. The molecule has 0 spiro atoms. The van der Waals surface area contributed by atoms with Gasteiger partial charge in [-0.25, -0.2) is 4.79 Å². The smallest absolute Gasteiger partial charge is 0.416 e. The van der Waals surface area contributed by atoms with E-state index in [1.54, 1.807) is 6.07 Å². The van der Waals surface area contributed by atoms with Crippen molar-refractivity contribution in [3.05, 3.63) is 59.5 Å². The highest BCUT2D eigenvalue weighted by Gasteiger charge is 2.85. The summed E-state index contributed by atoms with van der Waals surface area (Å²) in [5.74, 6) is -4.09. The number of likely N-dealkylation sites (tertiary alicyclic amines) is 1. The van der Waals surface area contributed by atoms with Crippen molar-refractivity contribution in [1.82, 2.24) is 19.7 Å². The van der Waals surface area contributed by atoms with E-state index in [2.05, 4.69) is 10.1 Å². The van der Waals surface area contributed by atoms with Crippen molar-refractivity contribution >= 4 is 34.5 Å². The number of aromatic nitrogens is 3. The Morgan fingerprint density at radius 1 is 1.18 bits per heavy atom. The van der Waals surface area contributed by atoms with Gasteiger partial charge < -0.3 is 15.7 Å². The maximum atomic E-state index is 13.9. The van der Waals surface area contributed by atoms with Crippen molar-refractivity contribution in [2.24, 2.45) is 17.1 Å². The summed E-state index contributed by atoms with van der Waals surface area (Å²) in [7, 11) is 0. The Bertz CT molecular complexity index is 1620. The average molecular weight is 556 g/mol. The van der Waals surface area contributed by atoms with Gasteiger partial charge in [0.05, 0.1) is 28.2 Å². The average Bonchev–Trinajstić information content (AvgIpc) is 3.76. The number of amides is 2. The molecule has 0 bridgehead atoms. The Morgan fingerprint density at radius 3 is 2.58 bits per heavy atom. The minimum atomic E-state index is -4.59. The third kappa shape index (κ3) is 3.49. The lowest BCUT2D eigenvalue weighted by Gasteiger charge is -2.37. The van der Waals surface area contributed by atoms with E-state index in [4.69, 9.17) is 5.73 Å². The monoisotopic (exact) mass is 555 g/mol. The van der Waals surface area contributed by atoms with Gasteiger partial charge in [0.15, 0.2) is 5.78 Å². The molecule has 2 aliphatic carbocycles. The number of carbonyl (C=O) groups is 4. The molecule has 13 heteroatoms. The second-order valence-corrected chi connectivity index (χ2v) is 10.8. The molecule has 5 atom stereocenters. The van der Waals surface area contributed by atoms with Crippen LogP contribution >= 0.6 is 0 Å². The number of carboxylic acid groups (broad SMARTS) is 1. The van der Waals surface area contributed by atoms with Crippen LogP contribution in [0.2, 0.25) is 0 Å². The second-order valence-electron chi connectivity index (χ2n) is 10.8. The molecule has 40 heavy (non-hydrogen) atoms. The Balaban J connectivity index is 1.40. The van der Waals surface area contributed by atoms with Crippen molar-refractivity contribution in [2.45, 2.75) is 56.4 Å². The summed E-state index contributed by atoms with van der Waals surface area (Å²) in [6, 6.07) is 4.98. The fourth-order valence-corrected chi connectivity index (χ4v) is 7.08. The van der Waals surface area contributed by atoms with Crippen molar-refractivity contribution in [3.63, 3.8) is 0 Å². The number of alkyl halides is 3. The standard InChI is InChI=1S/C27H24F3N5O5/c1-13(36)22-17-5-6-32-11-20(17)34(33-22)12-21(37)35-19(23(38)39)8-16-9-26(16,35)25(24(31)40)10-18(25)14-3-2-4-15(7-14)27(28,29)30/h2-7,11,16,18-19H,8-10,12H2,1H3,(H2,31,40)(H,38,39)/t16-,18?,19-,25?,26-/m0/s1. The Morgan fingerprint density at radius 2 is 1.93 bits per heavy atom. The molecule has 3 heterocycles. The second kappa shape index (κ2) is 8.35. The minimum Gasteiger partial charge on any atom is -0.480 e. The summed E-state index contributed by atoms with van der Waals surface area (Å²) >= 11 is 0. The lowest BCUT2D eigenvalue weighted by atomic mass is 9.85. The molecule has 2 unspecified atom stereocenters. The summed E-state index contributed by atoms with van der Waals surface area (Å²) in [6.45, 7) is 0.896. The number of benzene rings is 1. The molecule has 6 rings (SSSR count). The van der Waals surface area contributed by atoms with Crippen LogP contribution in [0.1, 0.15) is 53.7 Å². The first-order valence-electron chi connectivity index (χ1n) is 12.7. The number of carbonyl (C=O) groups excluding carboxylic acids is 3. The zero-order valence-corrected chi connectivity index (χ0v) is 21.2. The van der Waals surface area contributed by atoms with Crippen LogP contribution in [-0.4, -0.2) is 59.9 Å². The quantitative estimate of drug-likeness (QED) is 0.426. The largest absolute Gasteiger partial charge is 0.480 e. The third-order valence-electron chi connectivity index (χ3n) is 8.84. The lowest BCUT2D eigenvalue weighted by molar-refractivity contribution is -0.154. The van der Waals surface area contributed by atoms with Crippen molar-refractivity contribution in [1.29, 1.82) is 0 Å². The molecule has 1 saturated heterocycles. The predicted molar refractivity (Wildman–Crippen MR) is 132 cm³/mol. The van der Waals surface area contributed by atoms with Crippen LogP contribution in [0, 0.1) is 11.3 Å². The van der Waals surface area contributed by atoms with Crippen molar-refractivity contribution < 1.29 is 37.5 Å². The van der Waals surface area contributed by atoms with Crippen molar-refractivity contribution in [3.8, 4) is 0 Å². The molecule has 1 aliphatic heterocycles. The number of ketones is 1. The van der Waals surface area contributed by atoms with Crippen LogP contribution < -0.4 is 5.73 Å². The van der Waals surface area contributed by atoms with E-state index in [-0.39, 0.29) is 35.8 Å². The number of halogens is 3. The molecule has 3 aromatic rings. The number of rotatable bonds is 7. The molecule has 208 valence electrons. The number of primary amides is 1. The van der Waals surface area contributed by atoms with Gasteiger partial charge in [-0.3, -0.25) is 24.0 Å². The van der Waals surface area contributed by atoms with Gasteiger partial charge in [-0.1, -0.05) is 18.2 Å². The highest BCUT2D eigenvalue weighted by atomic mass is 19.4. The van der Waals surface area contributed by atoms with Crippen LogP contribution in [0.15, 0.2) is 42.7 Å². The van der Waals surface area contributed by atoms with E-state index in [0.29, 0.717) is 17.3 Å². The maximum absolute atomic E-state index is 13.9. The molecular weight excluding hydrogens is 531 g/mol. The van der Waals surface area contributed by atoms with Gasteiger partial charge in [-0.15, -0.1) is 0 Å². The number of Topliss-reactive ketones (excluding diaryl/α,β-unsaturated/α-hetero) is 1. The number of pyridine rings is 1. The molecule has 3 aliphatic rings. The first-order valence-corrected chi connectivity index (χ1v) is 12.7. The Labute approximate surface area is 224 Å². The van der Waals surface area contributed by atoms with Crippen LogP contribution in [0.3, 0.4) is 0 Å². The van der Waals surface area contributed by atoms with E-state index in [9.17, 15) is 37.5 Å². The molecule has 2 saturated carbocycles. The first-order chi connectivity index (χ1) is 18.8. The molecule has 3 fully saturated rings. The number of nitrogens with zero attached hydrogens (tertiary/aromatic N) is 4. The Kier molecular flexibility index (Phi) is 5.42. The first kappa shape index (κ1) is 26.0. The van der Waals surface area contributed by atoms with Gasteiger partial charge in [0.25, 0.3) is 0 Å². The SMILES string of the molecule is CC(=O)c1nn(CC(=O)N2[C@H](C(=O)O)C[C@H]3C[C@@]32C2(C(N)=O)CC2c2cccc(C(F)(F)F)c2)c2cnccc12. The molecular formula is C27H24F3N5O5. The van der Waals surface area contributed by atoms with Crippen LogP contribution in [0.25, 0.3) is 10.9 Å². The molecule has 1 aromatic carbocycles. The summed E-state index contributed by atoms with van der Waals surface area (Å²) in [6.07, 6.45) is -1.19. The van der Waals surface area contributed by atoms with E-state index >= 15 is 0 Å². The van der Waals surface area contributed by atoms with Gasteiger partial charge >= 0.3 is 12.1 Å². The number of aliphatic carboxylic acids is 1. The normalized spacial score (nSPS) is 28.8. The molecule has 10 nitrogen and oxygen atoms in total. The number of piperidine rings is 1. The van der Waals surface area contributed by atoms with Crippen LogP contribution in [0.4, 0.5) is 13.2 Å². The lowest BCUT2D eigenvalue weighted by Crippen LogP contribution is -2.56. The van der Waals surface area contributed by atoms with E-state index in [1.807, 2.05) is 0 Å². The van der Waals surface area contributed by atoms with E-state index in [0.717, 1.165) is 12.1 Å². The van der Waals surface area contributed by atoms with Crippen LogP contribution in [-0.2, 0) is 27.1 Å². The number of hydrogen-bond acceptors (Lipinski definition) is 6. The van der Waals surface area contributed by atoms with Gasteiger partial charge in [-0.2, -0.15) is 18.3 Å². The summed E-state index contributed by atoms with van der Waals surface area (Å²) < 4.78 is 41.5. The minimum absolute atomic E-state index is 0.0888. The van der Waals surface area contributed by atoms with E-state index < -0.39 is 59.0 Å². The zero-order chi connectivity index (χ0) is 28.8.